The number of carbonyl (C=O) groups excluding carboxylic acids is 1. The Kier molecular flexibility index (Phi) is 4.98. The molecule has 10 heteroatoms. The van der Waals surface area contributed by atoms with Gasteiger partial charge < -0.3 is 5.32 Å². The van der Waals surface area contributed by atoms with Crippen molar-refractivity contribution in [3.63, 3.8) is 0 Å². The first-order valence-corrected chi connectivity index (χ1v) is 9.67. The van der Waals surface area contributed by atoms with E-state index in [0.29, 0.717) is 22.4 Å². The molecule has 1 saturated carbocycles. The molecule has 0 saturated heterocycles. The first-order valence-electron chi connectivity index (χ1n) is 9.67. The van der Waals surface area contributed by atoms with Gasteiger partial charge in [-0.25, -0.2) is 9.97 Å². The first-order chi connectivity index (χ1) is 14.4. The van der Waals surface area contributed by atoms with Crippen LogP contribution in [0.2, 0.25) is 0 Å². The zero-order valence-electron chi connectivity index (χ0n) is 16.6. The predicted molar refractivity (Wildman–Crippen MR) is 110 cm³/mol. The number of aromatic nitrogens is 4. The molecule has 0 radical (unpaired) electrons. The van der Waals surface area contributed by atoms with Gasteiger partial charge in [-0.15, -0.1) is 0 Å². The average Bonchev–Trinajstić information content (AvgIpc) is 3.22. The van der Waals surface area contributed by atoms with Crippen LogP contribution in [0.25, 0.3) is 11.0 Å². The molecule has 0 amide bonds. The van der Waals surface area contributed by atoms with Crippen molar-refractivity contribution in [1.82, 2.24) is 19.5 Å². The number of anilines is 2. The van der Waals surface area contributed by atoms with Gasteiger partial charge in [-0.3, -0.25) is 24.3 Å². The molecule has 154 valence electrons. The van der Waals surface area contributed by atoms with Gasteiger partial charge in [-0.2, -0.15) is 4.98 Å². The van der Waals surface area contributed by atoms with Crippen molar-refractivity contribution in [2.45, 2.75) is 45.6 Å². The summed E-state index contributed by atoms with van der Waals surface area (Å²) >= 11 is 0. The minimum absolute atomic E-state index is 0.0149. The Morgan fingerprint density at radius 2 is 1.97 bits per heavy atom. The number of aryl methyl sites for hydroxylation is 1. The van der Waals surface area contributed by atoms with Gasteiger partial charge in [0.2, 0.25) is 5.95 Å². The lowest BCUT2D eigenvalue weighted by atomic mass is 10.0. The van der Waals surface area contributed by atoms with Crippen molar-refractivity contribution >= 4 is 34.3 Å². The van der Waals surface area contributed by atoms with Crippen LogP contribution in [-0.4, -0.2) is 30.2 Å². The van der Waals surface area contributed by atoms with E-state index in [2.05, 4.69) is 20.3 Å². The van der Waals surface area contributed by atoms with Crippen molar-refractivity contribution in [2.24, 2.45) is 0 Å². The van der Waals surface area contributed by atoms with Crippen molar-refractivity contribution in [3.8, 4) is 0 Å². The van der Waals surface area contributed by atoms with Crippen LogP contribution in [0.4, 0.5) is 17.5 Å². The molecule has 4 rings (SSSR count). The van der Waals surface area contributed by atoms with Crippen molar-refractivity contribution < 1.29 is 9.72 Å². The van der Waals surface area contributed by atoms with Crippen LogP contribution < -0.4 is 10.9 Å². The van der Waals surface area contributed by atoms with Crippen molar-refractivity contribution in [1.29, 1.82) is 0 Å². The fourth-order valence-electron chi connectivity index (χ4n) is 3.99. The summed E-state index contributed by atoms with van der Waals surface area (Å²) < 4.78 is 1.63. The van der Waals surface area contributed by atoms with Gasteiger partial charge in [0.25, 0.3) is 11.2 Å². The minimum Gasteiger partial charge on any atom is -0.309 e. The Hall–Kier alpha value is -3.69. The lowest BCUT2D eigenvalue weighted by molar-refractivity contribution is -0.385. The monoisotopic (exact) mass is 408 g/mol. The van der Waals surface area contributed by atoms with E-state index in [1.165, 1.54) is 19.1 Å². The highest BCUT2D eigenvalue weighted by Gasteiger charge is 2.25. The Morgan fingerprint density at radius 1 is 1.23 bits per heavy atom. The lowest BCUT2D eigenvalue weighted by Crippen LogP contribution is -2.30. The second-order valence-corrected chi connectivity index (χ2v) is 7.38. The lowest BCUT2D eigenvalue weighted by Gasteiger charge is -2.19. The van der Waals surface area contributed by atoms with E-state index in [1.807, 2.05) is 0 Å². The summed E-state index contributed by atoms with van der Waals surface area (Å²) in [6, 6.07) is 2.77. The van der Waals surface area contributed by atoms with Gasteiger partial charge in [0.15, 0.2) is 5.78 Å². The third kappa shape index (κ3) is 3.40. The van der Waals surface area contributed by atoms with Crippen LogP contribution in [0.3, 0.4) is 0 Å². The summed E-state index contributed by atoms with van der Waals surface area (Å²) in [5.41, 5.74) is 0.765. The van der Waals surface area contributed by atoms with E-state index in [-0.39, 0.29) is 34.6 Å². The van der Waals surface area contributed by atoms with Crippen LogP contribution in [-0.2, 0) is 0 Å². The highest BCUT2D eigenvalue weighted by molar-refractivity contribution is 5.99. The molecule has 0 spiro atoms. The average molecular weight is 408 g/mol. The first kappa shape index (κ1) is 19.6. The molecule has 0 aliphatic heterocycles. The maximum atomic E-state index is 13.2. The number of pyridine rings is 2. The molecular weight excluding hydrogens is 388 g/mol. The van der Waals surface area contributed by atoms with E-state index < -0.39 is 4.92 Å². The van der Waals surface area contributed by atoms with Gasteiger partial charge in [0, 0.05) is 23.7 Å². The molecular formula is C20H20N6O4. The summed E-state index contributed by atoms with van der Waals surface area (Å²) in [6.45, 7) is 3.12. The van der Waals surface area contributed by atoms with Crippen LogP contribution >= 0.6 is 0 Å². The van der Waals surface area contributed by atoms with Gasteiger partial charge in [0.1, 0.15) is 17.7 Å². The molecule has 0 bridgehead atoms. The topological polar surface area (TPSA) is 133 Å². The molecule has 3 aromatic rings. The number of nitrogens with zero attached hydrogens (tertiary/aromatic N) is 5. The van der Waals surface area contributed by atoms with Crippen LogP contribution in [0.1, 0.15) is 54.6 Å². The molecule has 10 nitrogen and oxygen atoms in total. The van der Waals surface area contributed by atoms with Gasteiger partial charge in [0.05, 0.1) is 10.5 Å². The van der Waals surface area contributed by atoms with E-state index in [1.54, 1.807) is 17.7 Å². The van der Waals surface area contributed by atoms with Gasteiger partial charge >= 0.3 is 0 Å². The molecule has 0 aromatic carbocycles. The number of hydrogen-bond acceptors (Lipinski definition) is 8. The van der Waals surface area contributed by atoms with Crippen LogP contribution in [0.15, 0.2) is 29.3 Å². The standard InChI is InChI=1S/C20H20N6O4/c1-11-15-10-22-20(23-16-8-7-14(9-21-16)26(29)30)24-18(15)25(13-5-3-4-6-13)19(28)17(11)12(2)27/h7-10,13H,3-6H2,1-2H3,(H,21,22,23,24). The normalized spacial score (nSPS) is 14.2. The molecule has 1 fully saturated rings. The van der Waals surface area contributed by atoms with Crippen LogP contribution in [0.5, 0.6) is 0 Å². The SMILES string of the molecule is CC(=O)c1c(C)c2cnc(Nc3ccc([N+](=O)[O-])cn3)nc2n(C2CCCC2)c1=O. The quantitative estimate of drug-likeness (QED) is 0.385. The molecule has 1 aliphatic carbocycles. The van der Waals surface area contributed by atoms with E-state index in [9.17, 15) is 19.7 Å². The van der Waals surface area contributed by atoms with Crippen molar-refractivity contribution in [3.05, 3.63) is 56.1 Å². The van der Waals surface area contributed by atoms with Gasteiger partial charge in [-0.05, 0) is 38.3 Å². The second-order valence-electron chi connectivity index (χ2n) is 7.38. The smallest absolute Gasteiger partial charge is 0.287 e. The Bertz CT molecular complexity index is 1210. The zero-order chi connectivity index (χ0) is 21.4. The number of hydrogen-bond donors (Lipinski definition) is 1. The number of nitrogens with one attached hydrogen (secondary N) is 1. The number of carbonyl (C=O) groups is 1. The summed E-state index contributed by atoms with van der Waals surface area (Å²) in [6.07, 6.45) is 6.47. The number of rotatable bonds is 5. The molecule has 1 aliphatic rings. The minimum atomic E-state index is -0.529. The molecule has 3 heterocycles. The molecule has 0 atom stereocenters. The Labute approximate surface area is 171 Å². The molecule has 1 N–H and O–H groups in total. The van der Waals surface area contributed by atoms with Crippen LogP contribution in [0, 0.1) is 17.0 Å². The molecule has 30 heavy (non-hydrogen) atoms. The summed E-state index contributed by atoms with van der Waals surface area (Å²) in [5.74, 6) is 0.278. The van der Waals surface area contributed by atoms with E-state index in [0.717, 1.165) is 31.9 Å². The summed E-state index contributed by atoms with van der Waals surface area (Å²) in [7, 11) is 0. The third-order valence-corrected chi connectivity index (χ3v) is 5.45. The zero-order valence-corrected chi connectivity index (χ0v) is 16.6. The fraction of sp³-hybridized carbons (Fsp3) is 0.350. The maximum absolute atomic E-state index is 13.2. The third-order valence-electron chi connectivity index (χ3n) is 5.45. The number of ketones is 1. The van der Waals surface area contributed by atoms with Gasteiger partial charge in [-0.1, -0.05) is 12.8 Å². The summed E-state index contributed by atoms with van der Waals surface area (Å²) in [4.78, 5) is 48.4. The molecule has 3 aromatic heterocycles. The molecule has 0 unspecified atom stereocenters. The number of fused-ring (bicyclic) bond motifs is 1. The maximum Gasteiger partial charge on any atom is 0.287 e. The van der Waals surface area contributed by atoms with E-state index >= 15 is 0 Å². The Morgan fingerprint density at radius 3 is 2.57 bits per heavy atom. The largest absolute Gasteiger partial charge is 0.309 e. The van der Waals surface area contributed by atoms with Crippen molar-refractivity contribution in [2.75, 3.05) is 5.32 Å². The number of Topliss-reactive ketones (excluding diaryl/α,β-unsaturated/α-hetero) is 1. The van der Waals surface area contributed by atoms with E-state index in [4.69, 9.17) is 0 Å². The summed E-state index contributed by atoms with van der Waals surface area (Å²) in [5, 5.41) is 14.3. The Balaban J connectivity index is 1.83. The fourth-order valence-corrected chi connectivity index (χ4v) is 3.99. The second kappa shape index (κ2) is 7.62. The predicted octanol–water partition coefficient (Wildman–Crippen LogP) is 3.46. The highest BCUT2D eigenvalue weighted by Crippen LogP contribution is 2.32. The highest BCUT2D eigenvalue weighted by atomic mass is 16.6. The number of nitro groups is 1.